The number of benzene rings is 1. The SMILES string of the molecule is COC1(Cc2ccc(NC(=O)c3ccc(Cl)nc3)cc2)CN(C(=O)O)C1. The maximum Gasteiger partial charge on any atom is 0.407 e. The number of likely N-dealkylation sites (tertiary alicyclic amines) is 1. The normalized spacial score (nSPS) is 15.2. The minimum absolute atomic E-state index is 0.272. The molecule has 0 atom stereocenters. The summed E-state index contributed by atoms with van der Waals surface area (Å²) in [4.78, 5) is 28.3. The monoisotopic (exact) mass is 375 g/mol. The van der Waals surface area contributed by atoms with Gasteiger partial charge in [0.25, 0.3) is 5.91 Å². The summed E-state index contributed by atoms with van der Waals surface area (Å²) in [5.74, 6) is -0.272. The molecule has 1 fully saturated rings. The summed E-state index contributed by atoms with van der Waals surface area (Å²) < 4.78 is 5.53. The van der Waals surface area contributed by atoms with E-state index in [9.17, 15) is 9.59 Å². The first kappa shape index (κ1) is 18.2. The van der Waals surface area contributed by atoms with Crippen molar-refractivity contribution < 1.29 is 19.4 Å². The van der Waals surface area contributed by atoms with Crippen LogP contribution in [-0.2, 0) is 11.2 Å². The summed E-state index contributed by atoms with van der Waals surface area (Å²) in [5.41, 5.74) is 1.59. The molecule has 2 aromatic rings. The molecule has 0 spiro atoms. The zero-order valence-electron chi connectivity index (χ0n) is 14.1. The molecule has 2 heterocycles. The van der Waals surface area contributed by atoms with E-state index in [1.807, 2.05) is 12.1 Å². The topological polar surface area (TPSA) is 91.8 Å². The van der Waals surface area contributed by atoms with Gasteiger partial charge in [0, 0.05) is 25.4 Å². The molecule has 2 amide bonds. The number of carboxylic acid groups (broad SMARTS) is 1. The van der Waals surface area contributed by atoms with Crippen molar-refractivity contribution in [2.24, 2.45) is 0 Å². The first-order valence-corrected chi connectivity index (χ1v) is 8.33. The number of hydrogen-bond donors (Lipinski definition) is 2. The lowest BCUT2D eigenvalue weighted by Gasteiger charge is -2.47. The largest absolute Gasteiger partial charge is 0.465 e. The second kappa shape index (κ2) is 7.31. The summed E-state index contributed by atoms with van der Waals surface area (Å²) in [7, 11) is 1.59. The Morgan fingerprint density at radius 1 is 1.27 bits per heavy atom. The number of ether oxygens (including phenoxy) is 1. The molecule has 136 valence electrons. The number of halogens is 1. The van der Waals surface area contributed by atoms with Gasteiger partial charge < -0.3 is 20.1 Å². The molecule has 1 aromatic carbocycles. The molecule has 3 rings (SSSR count). The number of anilines is 1. The lowest BCUT2D eigenvalue weighted by Crippen LogP contribution is -2.65. The van der Waals surface area contributed by atoms with Crippen molar-refractivity contribution in [3.05, 3.63) is 58.9 Å². The molecule has 1 aliphatic heterocycles. The molecule has 2 N–H and O–H groups in total. The van der Waals surface area contributed by atoms with Gasteiger partial charge in [0.1, 0.15) is 10.8 Å². The van der Waals surface area contributed by atoms with Crippen LogP contribution in [0.3, 0.4) is 0 Å². The van der Waals surface area contributed by atoms with E-state index in [-0.39, 0.29) is 5.91 Å². The van der Waals surface area contributed by atoms with Crippen LogP contribution in [0.5, 0.6) is 0 Å². The van der Waals surface area contributed by atoms with Crippen LogP contribution >= 0.6 is 11.6 Å². The van der Waals surface area contributed by atoms with E-state index in [1.54, 1.807) is 31.4 Å². The van der Waals surface area contributed by atoms with Gasteiger partial charge in [-0.2, -0.15) is 0 Å². The average Bonchev–Trinajstić information content (AvgIpc) is 2.59. The van der Waals surface area contributed by atoms with Crippen molar-refractivity contribution in [3.63, 3.8) is 0 Å². The van der Waals surface area contributed by atoms with Gasteiger partial charge >= 0.3 is 6.09 Å². The maximum absolute atomic E-state index is 12.2. The van der Waals surface area contributed by atoms with E-state index < -0.39 is 11.7 Å². The number of rotatable bonds is 5. The Bertz CT molecular complexity index is 802. The molecule has 0 saturated carbocycles. The third kappa shape index (κ3) is 3.95. The van der Waals surface area contributed by atoms with Crippen LogP contribution in [0.25, 0.3) is 0 Å². The number of carbonyl (C=O) groups excluding carboxylic acids is 1. The summed E-state index contributed by atoms with van der Waals surface area (Å²) in [6.45, 7) is 0.696. The fourth-order valence-electron chi connectivity index (χ4n) is 2.89. The standard InChI is InChI=1S/C18H18ClN3O4/c1-26-18(10-22(11-18)17(24)25)8-12-2-5-14(6-3-12)21-16(23)13-4-7-15(19)20-9-13/h2-7,9H,8,10-11H2,1H3,(H,21,23)(H,24,25). The lowest BCUT2D eigenvalue weighted by atomic mass is 9.87. The predicted molar refractivity (Wildman–Crippen MR) is 96.7 cm³/mol. The average molecular weight is 376 g/mol. The molecule has 0 aliphatic carbocycles. The molecule has 1 aliphatic rings. The number of nitrogens with one attached hydrogen (secondary N) is 1. The van der Waals surface area contributed by atoms with Crippen molar-refractivity contribution >= 4 is 29.3 Å². The number of amides is 2. The van der Waals surface area contributed by atoms with Crippen molar-refractivity contribution in [1.29, 1.82) is 0 Å². The molecule has 8 heteroatoms. The fraction of sp³-hybridized carbons (Fsp3) is 0.278. The molecule has 7 nitrogen and oxygen atoms in total. The van der Waals surface area contributed by atoms with E-state index in [2.05, 4.69) is 10.3 Å². The Kier molecular flexibility index (Phi) is 5.11. The van der Waals surface area contributed by atoms with Crippen LogP contribution in [0.1, 0.15) is 15.9 Å². The predicted octanol–water partition coefficient (Wildman–Crippen LogP) is 2.91. The molecule has 26 heavy (non-hydrogen) atoms. The Morgan fingerprint density at radius 3 is 2.50 bits per heavy atom. The van der Waals surface area contributed by atoms with E-state index >= 15 is 0 Å². The van der Waals surface area contributed by atoms with Gasteiger partial charge in [-0.1, -0.05) is 23.7 Å². The molecule has 0 unspecified atom stereocenters. The number of nitrogens with zero attached hydrogens (tertiary/aromatic N) is 2. The van der Waals surface area contributed by atoms with Gasteiger partial charge in [-0.05, 0) is 29.8 Å². The van der Waals surface area contributed by atoms with Gasteiger partial charge in [-0.3, -0.25) is 4.79 Å². The van der Waals surface area contributed by atoms with Crippen molar-refractivity contribution in [1.82, 2.24) is 9.88 Å². The second-order valence-corrected chi connectivity index (χ2v) is 6.61. The summed E-state index contributed by atoms with van der Waals surface area (Å²) in [6, 6.07) is 10.5. The van der Waals surface area contributed by atoms with Crippen LogP contribution in [-0.4, -0.2) is 52.8 Å². The molecular formula is C18H18ClN3O4. The van der Waals surface area contributed by atoms with Crippen molar-refractivity contribution in [2.45, 2.75) is 12.0 Å². The zero-order chi connectivity index (χ0) is 18.7. The van der Waals surface area contributed by atoms with E-state index in [0.717, 1.165) is 5.56 Å². The fourth-order valence-corrected chi connectivity index (χ4v) is 3.00. The lowest BCUT2D eigenvalue weighted by molar-refractivity contribution is -0.110. The van der Waals surface area contributed by atoms with Gasteiger partial charge in [-0.25, -0.2) is 9.78 Å². The number of hydrogen-bond acceptors (Lipinski definition) is 4. The Balaban J connectivity index is 1.61. The molecular weight excluding hydrogens is 358 g/mol. The van der Waals surface area contributed by atoms with E-state index in [1.165, 1.54) is 11.1 Å². The first-order valence-electron chi connectivity index (χ1n) is 7.96. The van der Waals surface area contributed by atoms with Crippen LogP contribution in [0, 0.1) is 0 Å². The summed E-state index contributed by atoms with van der Waals surface area (Å²) in [6.07, 6.45) is 1.08. The highest BCUT2D eigenvalue weighted by Gasteiger charge is 2.45. The Labute approximate surface area is 155 Å². The number of pyridine rings is 1. The van der Waals surface area contributed by atoms with Gasteiger partial charge in [-0.15, -0.1) is 0 Å². The molecule has 1 aromatic heterocycles. The second-order valence-electron chi connectivity index (χ2n) is 6.22. The summed E-state index contributed by atoms with van der Waals surface area (Å²) >= 11 is 5.71. The Morgan fingerprint density at radius 2 is 1.96 bits per heavy atom. The van der Waals surface area contributed by atoms with Crippen molar-refractivity contribution in [2.75, 3.05) is 25.5 Å². The van der Waals surface area contributed by atoms with E-state index in [4.69, 9.17) is 21.4 Å². The quantitative estimate of drug-likeness (QED) is 0.784. The summed E-state index contributed by atoms with van der Waals surface area (Å²) in [5, 5.41) is 12.1. The highest BCUT2D eigenvalue weighted by molar-refractivity contribution is 6.29. The van der Waals surface area contributed by atoms with Crippen molar-refractivity contribution in [3.8, 4) is 0 Å². The number of carbonyl (C=O) groups is 2. The minimum atomic E-state index is -0.938. The minimum Gasteiger partial charge on any atom is -0.465 e. The van der Waals surface area contributed by atoms with Crippen LogP contribution < -0.4 is 5.32 Å². The first-order chi connectivity index (χ1) is 12.4. The van der Waals surface area contributed by atoms with Crippen LogP contribution in [0.15, 0.2) is 42.6 Å². The Hall–Kier alpha value is -2.64. The molecule has 0 radical (unpaired) electrons. The highest BCUT2D eigenvalue weighted by atomic mass is 35.5. The van der Waals surface area contributed by atoms with Crippen LogP contribution in [0.2, 0.25) is 5.15 Å². The maximum atomic E-state index is 12.2. The molecule has 1 saturated heterocycles. The third-order valence-corrected chi connectivity index (χ3v) is 4.61. The van der Waals surface area contributed by atoms with Gasteiger partial charge in [0.15, 0.2) is 0 Å². The smallest absolute Gasteiger partial charge is 0.407 e. The zero-order valence-corrected chi connectivity index (χ0v) is 14.9. The highest BCUT2D eigenvalue weighted by Crippen LogP contribution is 2.29. The van der Waals surface area contributed by atoms with Crippen LogP contribution in [0.4, 0.5) is 10.5 Å². The van der Waals surface area contributed by atoms with Gasteiger partial charge in [0.2, 0.25) is 0 Å². The third-order valence-electron chi connectivity index (χ3n) is 4.39. The van der Waals surface area contributed by atoms with E-state index in [0.29, 0.717) is 35.9 Å². The van der Waals surface area contributed by atoms with Gasteiger partial charge in [0.05, 0.1) is 18.7 Å². The number of aromatic nitrogens is 1. The molecule has 0 bridgehead atoms. The number of methoxy groups -OCH3 is 1.